The maximum Gasteiger partial charge on any atom is 0.156 e. The SMILES string of the molecule is CCNc1nc(C)nc2cc(Cl)c(F)c(Br)c12. The molecular weight excluding hydrogens is 308 g/mol. The van der Waals surface area contributed by atoms with Gasteiger partial charge in [-0.05, 0) is 35.8 Å². The van der Waals surface area contributed by atoms with Gasteiger partial charge in [0.25, 0.3) is 0 Å². The van der Waals surface area contributed by atoms with Crippen LogP contribution in [-0.2, 0) is 0 Å². The molecule has 0 aliphatic rings. The second-order valence-electron chi connectivity index (χ2n) is 3.53. The molecule has 1 N–H and O–H groups in total. The molecule has 17 heavy (non-hydrogen) atoms. The first-order chi connectivity index (χ1) is 8.04. The Kier molecular flexibility index (Phi) is 3.49. The van der Waals surface area contributed by atoms with Crippen LogP contribution in [0.2, 0.25) is 5.02 Å². The zero-order valence-corrected chi connectivity index (χ0v) is 11.7. The largest absolute Gasteiger partial charge is 0.370 e. The first-order valence-corrected chi connectivity index (χ1v) is 6.27. The monoisotopic (exact) mass is 317 g/mol. The molecule has 1 heterocycles. The fourth-order valence-corrected chi connectivity index (χ4v) is 2.52. The lowest BCUT2D eigenvalue weighted by Crippen LogP contribution is -2.04. The van der Waals surface area contributed by atoms with Gasteiger partial charge in [0.2, 0.25) is 0 Å². The highest BCUT2D eigenvalue weighted by Gasteiger charge is 2.15. The summed E-state index contributed by atoms with van der Waals surface area (Å²) in [5.74, 6) is 0.728. The van der Waals surface area contributed by atoms with Gasteiger partial charge >= 0.3 is 0 Å². The van der Waals surface area contributed by atoms with Crippen LogP contribution in [-0.4, -0.2) is 16.5 Å². The molecule has 1 aromatic carbocycles. The number of hydrogen-bond donors (Lipinski definition) is 1. The molecule has 0 bridgehead atoms. The van der Waals surface area contributed by atoms with Crippen LogP contribution in [0.15, 0.2) is 10.5 Å². The number of nitrogens with zero attached hydrogens (tertiary/aromatic N) is 2. The average Bonchev–Trinajstić information content (AvgIpc) is 2.25. The minimum Gasteiger partial charge on any atom is -0.370 e. The second kappa shape index (κ2) is 4.74. The summed E-state index contributed by atoms with van der Waals surface area (Å²) >= 11 is 8.99. The van der Waals surface area contributed by atoms with Crippen molar-refractivity contribution in [2.45, 2.75) is 13.8 Å². The van der Waals surface area contributed by atoms with E-state index in [-0.39, 0.29) is 9.50 Å². The molecule has 2 aromatic rings. The van der Waals surface area contributed by atoms with E-state index in [1.165, 1.54) is 6.07 Å². The maximum absolute atomic E-state index is 13.7. The van der Waals surface area contributed by atoms with Gasteiger partial charge in [0, 0.05) is 6.54 Å². The topological polar surface area (TPSA) is 37.8 Å². The van der Waals surface area contributed by atoms with E-state index in [0.29, 0.717) is 29.1 Å². The quantitative estimate of drug-likeness (QED) is 0.853. The molecule has 3 nitrogen and oxygen atoms in total. The highest BCUT2D eigenvalue weighted by Crippen LogP contribution is 2.34. The fraction of sp³-hybridized carbons (Fsp3) is 0.273. The Morgan fingerprint density at radius 1 is 1.47 bits per heavy atom. The van der Waals surface area contributed by atoms with Crippen LogP contribution in [0.4, 0.5) is 10.2 Å². The Hall–Kier alpha value is -0.940. The van der Waals surface area contributed by atoms with Crippen molar-refractivity contribution in [1.29, 1.82) is 0 Å². The van der Waals surface area contributed by atoms with Gasteiger partial charge in [0.1, 0.15) is 11.6 Å². The van der Waals surface area contributed by atoms with Crippen LogP contribution in [0.5, 0.6) is 0 Å². The van der Waals surface area contributed by atoms with E-state index in [2.05, 4.69) is 31.2 Å². The lowest BCUT2D eigenvalue weighted by molar-refractivity contribution is 0.623. The molecule has 6 heteroatoms. The Morgan fingerprint density at radius 3 is 2.82 bits per heavy atom. The number of fused-ring (bicyclic) bond motifs is 1. The molecule has 0 spiro atoms. The van der Waals surface area contributed by atoms with Crippen molar-refractivity contribution in [1.82, 2.24) is 9.97 Å². The van der Waals surface area contributed by atoms with Gasteiger partial charge in [-0.2, -0.15) is 0 Å². The molecule has 0 saturated heterocycles. The molecule has 0 saturated carbocycles. The third-order valence-corrected chi connectivity index (χ3v) is 3.30. The standard InChI is InChI=1S/C11H10BrClFN3/c1-3-15-11-8-7(16-5(2)17-11)4-6(13)10(14)9(8)12/h4H,3H2,1-2H3,(H,15,16,17). The van der Waals surface area contributed by atoms with E-state index in [1.54, 1.807) is 6.92 Å². The summed E-state index contributed by atoms with van der Waals surface area (Å²) in [6.45, 7) is 4.43. The van der Waals surface area contributed by atoms with Crippen LogP contribution in [0, 0.1) is 12.7 Å². The van der Waals surface area contributed by atoms with Crippen LogP contribution < -0.4 is 5.32 Å². The molecule has 0 aliphatic heterocycles. The number of benzene rings is 1. The van der Waals surface area contributed by atoms with Crippen molar-refractivity contribution in [2.24, 2.45) is 0 Å². The summed E-state index contributed by atoms with van der Waals surface area (Å²) in [5, 5.41) is 3.74. The van der Waals surface area contributed by atoms with Crippen LogP contribution in [0.1, 0.15) is 12.7 Å². The predicted octanol–water partition coefficient (Wildman–Crippen LogP) is 3.93. The number of hydrogen-bond acceptors (Lipinski definition) is 3. The van der Waals surface area contributed by atoms with Gasteiger partial charge in [-0.15, -0.1) is 0 Å². The number of halogens is 3. The van der Waals surface area contributed by atoms with Crippen molar-refractivity contribution in [3.63, 3.8) is 0 Å². The lowest BCUT2D eigenvalue weighted by atomic mass is 10.2. The first-order valence-electron chi connectivity index (χ1n) is 5.10. The maximum atomic E-state index is 13.7. The fourth-order valence-electron chi connectivity index (χ4n) is 1.61. The molecule has 0 fully saturated rings. The van der Waals surface area contributed by atoms with E-state index in [1.807, 2.05) is 6.92 Å². The smallest absolute Gasteiger partial charge is 0.156 e. The number of aryl methyl sites for hydroxylation is 1. The predicted molar refractivity (Wildman–Crippen MR) is 71.1 cm³/mol. The lowest BCUT2D eigenvalue weighted by Gasteiger charge is -2.10. The van der Waals surface area contributed by atoms with E-state index < -0.39 is 5.82 Å². The van der Waals surface area contributed by atoms with Gasteiger partial charge < -0.3 is 5.32 Å². The van der Waals surface area contributed by atoms with Crippen molar-refractivity contribution < 1.29 is 4.39 Å². The van der Waals surface area contributed by atoms with Crippen LogP contribution in [0.3, 0.4) is 0 Å². The van der Waals surface area contributed by atoms with E-state index in [9.17, 15) is 4.39 Å². The summed E-state index contributed by atoms with van der Waals surface area (Å²) in [6.07, 6.45) is 0. The van der Waals surface area contributed by atoms with Gasteiger partial charge in [-0.25, -0.2) is 14.4 Å². The van der Waals surface area contributed by atoms with Crippen molar-refractivity contribution >= 4 is 44.3 Å². The third-order valence-electron chi connectivity index (χ3n) is 2.28. The Morgan fingerprint density at radius 2 is 2.18 bits per heavy atom. The van der Waals surface area contributed by atoms with Crippen LogP contribution in [0.25, 0.3) is 10.9 Å². The minimum absolute atomic E-state index is 0.0462. The van der Waals surface area contributed by atoms with Crippen molar-refractivity contribution in [3.8, 4) is 0 Å². The summed E-state index contributed by atoms with van der Waals surface area (Å²) in [5.41, 5.74) is 0.617. The molecule has 1 aromatic heterocycles. The normalized spacial score (nSPS) is 10.9. The number of aromatic nitrogens is 2. The molecule has 0 atom stereocenters. The summed E-state index contributed by atoms with van der Waals surface area (Å²) < 4.78 is 14.0. The molecule has 0 aliphatic carbocycles. The Bertz CT molecular complexity index is 589. The Balaban J connectivity index is 2.85. The van der Waals surface area contributed by atoms with E-state index in [0.717, 1.165) is 0 Å². The van der Waals surface area contributed by atoms with Crippen molar-refractivity contribution in [3.05, 3.63) is 27.2 Å². The van der Waals surface area contributed by atoms with E-state index >= 15 is 0 Å². The van der Waals surface area contributed by atoms with Crippen molar-refractivity contribution in [2.75, 3.05) is 11.9 Å². The molecule has 2 rings (SSSR count). The van der Waals surface area contributed by atoms with Gasteiger partial charge in [0.05, 0.1) is 20.4 Å². The van der Waals surface area contributed by atoms with Gasteiger partial charge in [0.15, 0.2) is 5.82 Å². The first kappa shape index (κ1) is 12.5. The second-order valence-corrected chi connectivity index (χ2v) is 4.73. The highest BCUT2D eigenvalue weighted by molar-refractivity contribution is 9.10. The Labute approximate surface area is 112 Å². The molecule has 0 radical (unpaired) electrons. The molecule has 90 valence electrons. The van der Waals surface area contributed by atoms with Crippen LogP contribution >= 0.6 is 27.5 Å². The van der Waals surface area contributed by atoms with E-state index in [4.69, 9.17) is 11.6 Å². The zero-order valence-electron chi connectivity index (χ0n) is 9.31. The number of nitrogens with one attached hydrogen (secondary N) is 1. The molecule has 0 amide bonds. The molecular formula is C11H10BrClFN3. The number of rotatable bonds is 2. The minimum atomic E-state index is -0.495. The summed E-state index contributed by atoms with van der Waals surface area (Å²) in [4.78, 5) is 8.51. The zero-order chi connectivity index (χ0) is 12.6. The number of anilines is 1. The summed E-state index contributed by atoms with van der Waals surface area (Å²) in [6, 6.07) is 1.51. The third kappa shape index (κ3) is 2.21. The van der Waals surface area contributed by atoms with Gasteiger partial charge in [-0.1, -0.05) is 11.6 Å². The highest BCUT2D eigenvalue weighted by atomic mass is 79.9. The molecule has 0 unspecified atom stereocenters. The van der Waals surface area contributed by atoms with Gasteiger partial charge in [-0.3, -0.25) is 0 Å². The average molecular weight is 319 g/mol. The summed E-state index contributed by atoms with van der Waals surface area (Å²) in [7, 11) is 0.